The topological polar surface area (TPSA) is 0 Å². The number of hydrogen-bond acceptors (Lipinski definition) is 0. The van der Waals surface area contributed by atoms with E-state index in [0.717, 1.165) is 29.6 Å². The van der Waals surface area contributed by atoms with E-state index in [1.165, 1.54) is 57.8 Å². The molecule has 0 aromatic heterocycles. The summed E-state index contributed by atoms with van der Waals surface area (Å²) in [5, 5.41) is 0. The molecule has 1 spiro atoms. The lowest BCUT2D eigenvalue weighted by Crippen LogP contribution is -2.41. The first-order valence-corrected chi connectivity index (χ1v) is 13.4. The van der Waals surface area contributed by atoms with E-state index in [1.807, 2.05) is 11.1 Å². The van der Waals surface area contributed by atoms with Gasteiger partial charge in [0.05, 0.1) is 0 Å². The molecule has 0 radical (unpaired) electrons. The molecule has 0 heterocycles. The zero-order valence-electron chi connectivity index (χ0n) is 21.3. The highest BCUT2D eigenvalue weighted by Crippen LogP contribution is 2.73. The number of rotatable bonds is 0. The Bertz CT molecular complexity index is 791. The van der Waals surface area contributed by atoms with Crippen molar-refractivity contribution in [3.05, 3.63) is 22.8 Å². The highest BCUT2D eigenvalue weighted by Gasteiger charge is 2.64. The minimum atomic E-state index is 0.552. The second-order valence-electron chi connectivity index (χ2n) is 13.8. The van der Waals surface area contributed by atoms with Gasteiger partial charge in [0.2, 0.25) is 0 Å². The van der Waals surface area contributed by atoms with Crippen LogP contribution in [0, 0.1) is 51.2 Å². The fourth-order valence-corrected chi connectivity index (χ4v) is 10.1. The Hall–Kier alpha value is -0.520. The molecule has 0 aromatic carbocycles. The molecule has 7 atom stereocenters. The van der Waals surface area contributed by atoms with Crippen LogP contribution in [0.15, 0.2) is 22.8 Å². The molecule has 0 aromatic rings. The van der Waals surface area contributed by atoms with Crippen LogP contribution in [0.3, 0.4) is 0 Å². The molecule has 0 nitrogen and oxygen atoms in total. The number of fused-ring (bicyclic) bond motifs is 4. The van der Waals surface area contributed by atoms with Crippen LogP contribution in [0.5, 0.6) is 0 Å². The molecular formula is C30H48. The monoisotopic (exact) mass is 408 g/mol. The zero-order chi connectivity index (χ0) is 21.7. The van der Waals surface area contributed by atoms with Crippen LogP contribution in [-0.4, -0.2) is 0 Å². The predicted octanol–water partition coefficient (Wildman–Crippen LogP) is 8.97. The Morgan fingerprint density at radius 2 is 1.60 bits per heavy atom. The lowest BCUT2D eigenvalue weighted by atomic mass is 9.56. The summed E-state index contributed by atoms with van der Waals surface area (Å²) in [5.41, 5.74) is 7.77. The van der Waals surface area contributed by atoms with Gasteiger partial charge in [0.25, 0.3) is 0 Å². The van der Waals surface area contributed by atoms with Gasteiger partial charge >= 0.3 is 0 Å². The summed E-state index contributed by atoms with van der Waals surface area (Å²) in [4.78, 5) is 0. The molecule has 30 heavy (non-hydrogen) atoms. The van der Waals surface area contributed by atoms with Crippen molar-refractivity contribution in [3.63, 3.8) is 0 Å². The van der Waals surface area contributed by atoms with Gasteiger partial charge in [-0.05, 0) is 116 Å². The maximum absolute atomic E-state index is 2.56. The summed E-state index contributed by atoms with van der Waals surface area (Å²) in [5.74, 6) is 4.80. The molecule has 0 aliphatic heterocycles. The standard InChI is InChI=1S/2C15H24/c1-10-7-8-15-11(2)5-6-12(9-13(10)15)14(15,3)4;1-10-5-6-13-12(10)9-11-7-8-15(13,4)14(11,2)3/h5,10,12-13H,6-9H2,1-4H3;10-11H,5-9H2,1-4H3. The van der Waals surface area contributed by atoms with Crippen LogP contribution in [-0.2, 0) is 0 Å². The smallest absolute Gasteiger partial charge is 0.000604 e. The Kier molecular flexibility index (Phi) is 4.63. The van der Waals surface area contributed by atoms with Crippen LogP contribution in [0.4, 0.5) is 0 Å². The highest BCUT2D eigenvalue weighted by molar-refractivity contribution is 5.36. The minimum absolute atomic E-state index is 0.552. The first-order chi connectivity index (χ1) is 14.0. The van der Waals surface area contributed by atoms with Crippen molar-refractivity contribution in [3.8, 4) is 0 Å². The molecule has 0 heteroatoms. The quantitative estimate of drug-likeness (QED) is 0.351. The van der Waals surface area contributed by atoms with Crippen molar-refractivity contribution in [1.29, 1.82) is 0 Å². The SMILES string of the molecule is CC1=CCC2CC3C(C)CCC13C2(C)C.CC1CCC2=C1CC1CCC2(C)C1(C)C. The summed E-state index contributed by atoms with van der Waals surface area (Å²) in [6.07, 6.45) is 15.5. The van der Waals surface area contributed by atoms with Gasteiger partial charge in [0.15, 0.2) is 0 Å². The van der Waals surface area contributed by atoms with Crippen LogP contribution in [0.1, 0.15) is 113 Å². The molecule has 6 aliphatic rings. The molecule has 3 fully saturated rings. The van der Waals surface area contributed by atoms with Crippen LogP contribution < -0.4 is 0 Å². The van der Waals surface area contributed by atoms with E-state index in [2.05, 4.69) is 61.5 Å². The third-order valence-corrected chi connectivity index (χ3v) is 12.8. The first-order valence-electron chi connectivity index (χ1n) is 13.4. The lowest BCUT2D eigenvalue weighted by molar-refractivity contribution is 0.0786. The van der Waals surface area contributed by atoms with Gasteiger partial charge in [-0.2, -0.15) is 0 Å². The van der Waals surface area contributed by atoms with Crippen LogP contribution >= 0.6 is 0 Å². The van der Waals surface area contributed by atoms with E-state index in [0.29, 0.717) is 21.7 Å². The van der Waals surface area contributed by atoms with Crippen LogP contribution in [0.2, 0.25) is 0 Å². The van der Waals surface area contributed by atoms with Crippen molar-refractivity contribution in [1.82, 2.24) is 0 Å². The minimum Gasteiger partial charge on any atom is -0.0847 e. The van der Waals surface area contributed by atoms with Gasteiger partial charge in [-0.15, -0.1) is 0 Å². The normalized spacial score (nSPS) is 49.3. The van der Waals surface area contributed by atoms with E-state index < -0.39 is 0 Å². The predicted molar refractivity (Wildman–Crippen MR) is 129 cm³/mol. The molecule has 168 valence electrons. The summed E-state index contributed by atoms with van der Waals surface area (Å²) in [6, 6.07) is 0. The zero-order valence-corrected chi connectivity index (χ0v) is 21.3. The average molecular weight is 409 g/mol. The van der Waals surface area contributed by atoms with Crippen molar-refractivity contribution in [2.45, 2.75) is 113 Å². The maximum atomic E-state index is 2.56. The number of hydrogen-bond donors (Lipinski definition) is 0. The van der Waals surface area contributed by atoms with Gasteiger partial charge in [0, 0.05) is 0 Å². The van der Waals surface area contributed by atoms with E-state index >= 15 is 0 Å². The molecule has 0 saturated heterocycles. The van der Waals surface area contributed by atoms with Gasteiger partial charge in [-0.25, -0.2) is 0 Å². The van der Waals surface area contributed by atoms with E-state index in [4.69, 9.17) is 0 Å². The van der Waals surface area contributed by atoms with E-state index in [-0.39, 0.29) is 0 Å². The molecule has 0 amide bonds. The van der Waals surface area contributed by atoms with Crippen molar-refractivity contribution < 1.29 is 0 Å². The fourth-order valence-electron chi connectivity index (χ4n) is 10.1. The van der Waals surface area contributed by atoms with Gasteiger partial charge in [-0.1, -0.05) is 71.3 Å². The third-order valence-electron chi connectivity index (χ3n) is 12.8. The fraction of sp³-hybridized carbons (Fsp3) is 0.867. The molecule has 4 bridgehead atoms. The second-order valence-corrected chi connectivity index (χ2v) is 13.8. The Morgan fingerprint density at radius 1 is 0.867 bits per heavy atom. The molecule has 7 unspecified atom stereocenters. The Labute approximate surface area is 187 Å². The van der Waals surface area contributed by atoms with Crippen molar-refractivity contribution in [2.75, 3.05) is 0 Å². The van der Waals surface area contributed by atoms with Gasteiger partial charge < -0.3 is 0 Å². The van der Waals surface area contributed by atoms with Gasteiger partial charge in [0.1, 0.15) is 0 Å². The molecule has 6 aliphatic carbocycles. The van der Waals surface area contributed by atoms with Gasteiger partial charge in [-0.3, -0.25) is 0 Å². The Morgan fingerprint density at radius 3 is 2.33 bits per heavy atom. The van der Waals surface area contributed by atoms with E-state index in [9.17, 15) is 0 Å². The summed E-state index contributed by atoms with van der Waals surface area (Å²) in [7, 11) is 0. The second kappa shape index (κ2) is 6.51. The summed E-state index contributed by atoms with van der Waals surface area (Å²) in [6.45, 7) is 20.0. The maximum Gasteiger partial charge on any atom is -0.000604 e. The van der Waals surface area contributed by atoms with Crippen molar-refractivity contribution in [2.24, 2.45) is 51.2 Å². The summed E-state index contributed by atoms with van der Waals surface area (Å²) >= 11 is 0. The van der Waals surface area contributed by atoms with Crippen LogP contribution in [0.25, 0.3) is 0 Å². The number of allylic oxidation sites excluding steroid dienone is 4. The third kappa shape index (κ3) is 2.41. The molecule has 6 rings (SSSR count). The Balaban J connectivity index is 0.000000128. The van der Waals surface area contributed by atoms with Crippen molar-refractivity contribution >= 4 is 0 Å². The molecular weight excluding hydrogens is 360 g/mol. The molecule has 0 N–H and O–H groups in total. The average Bonchev–Trinajstić information content (AvgIpc) is 3.26. The first kappa shape index (κ1) is 21.3. The molecule has 3 saturated carbocycles. The largest absolute Gasteiger partial charge is 0.0847 e. The lowest BCUT2D eigenvalue weighted by Gasteiger charge is -2.48. The highest BCUT2D eigenvalue weighted by atomic mass is 14.7. The van der Waals surface area contributed by atoms with E-state index in [1.54, 1.807) is 5.57 Å². The summed E-state index contributed by atoms with van der Waals surface area (Å²) < 4.78 is 0.